The van der Waals surface area contributed by atoms with Crippen molar-refractivity contribution in [2.75, 3.05) is 6.54 Å². The number of carbonyl (C=O) groups is 2. The van der Waals surface area contributed by atoms with E-state index in [9.17, 15) is 9.59 Å². The van der Waals surface area contributed by atoms with Crippen molar-refractivity contribution in [3.63, 3.8) is 0 Å². The van der Waals surface area contributed by atoms with Gasteiger partial charge in [0, 0.05) is 22.7 Å². The Hall–Kier alpha value is -2.24. The van der Waals surface area contributed by atoms with Gasteiger partial charge in [-0.05, 0) is 36.9 Å². The number of hydrogen-bond acceptors (Lipinski definition) is 4. The van der Waals surface area contributed by atoms with E-state index in [1.165, 1.54) is 4.90 Å². The zero-order valence-corrected chi connectivity index (χ0v) is 15.1. The highest BCUT2D eigenvalue weighted by atomic mass is 35.5. The van der Waals surface area contributed by atoms with Gasteiger partial charge in [0.2, 0.25) is 0 Å². The van der Waals surface area contributed by atoms with Crippen LogP contribution in [0.25, 0.3) is 6.08 Å². The van der Waals surface area contributed by atoms with Gasteiger partial charge in [-0.15, -0.1) is 0 Å². The summed E-state index contributed by atoms with van der Waals surface area (Å²) in [4.78, 5) is 25.7. The zero-order chi connectivity index (χ0) is 17.8. The fourth-order valence-corrected chi connectivity index (χ4v) is 3.50. The lowest BCUT2D eigenvalue weighted by Gasteiger charge is -2.11. The van der Waals surface area contributed by atoms with Crippen molar-refractivity contribution in [3.05, 3.63) is 69.6 Å². The number of likely N-dealkylation sites (N-methyl/N-ethyl adjacent to an activating group) is 1. The maximum Gasteiger partial charge on any atom is 0.293 e. The fraction of sp³-hybridized carbons (Fsp3) is 0.158. The molecule has 128 valence electrons. The summed E-state index contributed by atoms with van der Waals surface area (Å²) in [6.45, 7) is 2.47. The fourth-order valence-electron chi connectivity index (χ4n) is 2.42. The number of halogens is 1. The van der Waals surface area contributed by atoms with Gasteiger partial charge < -0.3 is 4.74 Å². The van der Waals surface area contributed by atoms with E-state index in [0.29, 0.717) is 28.8 Å². The van der Waals surface area contributed by atoms with Crippen LogP contribution in [-0.2, 0) is 11.4 Å². The molecule has 0 saturated carbocycles. The molecular formula is C19H16ClNO3S. The number of amides is 2. The first-order valence-electron chi connectivity index (χ1n) is 7.80. The van der Waals surface area contributed by atoms with Gasteiger partial charge in [-0.3, -0.25) is 14.5 Å². The van der Waals surface area contributed by atoms with Crippen LogP contribution in [-0.4, -0.2) is 22.6 Å². The molecule has 0 aromatic heterocycles. The van der Waals surface area contributed by atoms with E-state index in [4.69, 9.17) is 16.3 Å². The van der Waals surface area contributed by atoms with Crippen molar-refractivity contribution < 1.29 is 14.3 Å². The van der Waals surface area contributed by atoms with E-state index < -0.39 is 0 Å². The standard InChI is InChI=1S/C19H16ClNO3S/c1-2-21-18(22)17(25-19(21)23)11-13-7-4-6-10-16(13)24-12-14-8-3-5-9-15(14)20/h3-11H,2,12H2,1H3/b17-11+. The third-order valence-electron chi connectivity index (χ3n) is 3.74. The van der Waals surface area contributed by atoms with Crippen molar-refractivity contribution in [1.82, 2.24) is 4.90 Å². The van der Waals surface area contributed by atoms with Gasteiger partial charge in [-0.1, -0.05) is 48.0 Å². The lowest BCUT2D eigenvalue weighted by atomic mass is 10.1. The van der Waals surface area contributed by atoms with Crippen LogP contribution in [0.2, 0.25) is 5.02 Å². The number of benzene rings is 2. The lowest BCUT2D eigenvalue weighted by Crippen LogP contribution is -2.27. The molecule has 0 N–H and O–H groups in total. The largest absolute Gasteiger partial charge is 0.488 e. The first-order valence-corrected chi connectivity index (χ1v) is 9.00. The van der Waals surface area contributed by atoms with Crippen LogP contribution >= 0.6 is 23.4 Å². The molecule has 4 nitrogen and oxygen atoms in total. The molecule has 1 saturated heterocycles. The minimum absolute atomic E-state index is 0.242. The normalized spacial score (nSPS) is 15.9. The van der Waals surface area contributed by atoms with Crippen molar-refractivity contribution in [2.45, 2.75) is 13.5 Å². The predicted octanol–water partition coefficient (Wildman–Crippen LogP) is 4.98. The van der Waals surface area contributed by atoms with Gasteiger partial charge in [0.1, 0.15) is 12.4 Å². The number of nitrogens with zero attached hydrogens (tertiary/aromatic N) is 1. The Labute approximate surface area is 155 Å². The molecular weight excluding hydrogens is 358 g/mol. The number of imide groups is 1. The summed E-state index contributed by atoms with van der Waals surface area (Å²) in [6.07, 6.45) is 1.70. The number of thioether (sulfide) groups is 1. The van der Waals surface area contributed by atoms with E-state index >= 15 is 0 Å². The van der Waals surface area contributed by atoms with Crippen molar-refractivity contribution in [2.24, 2.45) is 0 Å². The number of carbonyl (C=O) groups excluding carboxylic acids is 2. The molecule has 0 spiro atoms. The molecule has 2 aromatic rings. The van der Waals surface area contributed by atoms with Crippen LogP contribution < -0.4 is 4.74 Å². The highest BCUT2D eigenvalue weighted by molar-refractivity contribution is 8.18. The average Bonchev–Trinajstić information content (AvgIpc) is 2.88. The average molecular weight is 374 g/mol. The molecule has 0 radical (unpaired) electrons. The third kappa shape index (κ3) is 3.89. The minimum atomic E-state index is -0.265. The highest BCUT2D eigenvalue weighted by Gasteiger charge is 2.33. The van der Waals surface area contributed by atoms with Gasteiger partial charge >= 0.3 is 0 Å². The van der Waals surface area contributed by atoms with Gasteiger partial charge in [-0.25, -0.2) is 0 Å². The summed E-state index contributed by atoms with van der Waals surface area (Å²) in [6, 6.07) is 14.9. The Morgan fingerprint density at radius 3 is 2.56 bits per heavy atom. The Balaban J connectivity index is 1.82. The SMILES string of the molecule is CCN1C(=O)S/C(=C/c2ccccc2OCc2ccccc2Cl)C1=O. The second-order valence-electron chi connectivity index (χ2n) is 5.34. The van der Waals surface area contributed by atoms with Gasteiger partial charge in [0.25, 0.3) is 11.1 Å². The van der Waals surface area contributed by atoms with Crippen LogP contribution in [0.15, 0.2) is 53.4 Å². The summed E-state index contributed by atoms with van der Waals surface area (Å²) < 4.78 is 5.88. The molecule has 6 heteroatoms. The maximum atomic E-state index is 12.2. The molecule has 1 heterocycles. The first-order chi connectivity index (χ1) is 12.1. The zero-order valence-electron chi connectivity index (χ0n) is 13.6. The van der Waals surface area contributed by atoms with Crippen LogP contribution in [0.1, 0.15) is 18.1 Å². The molecule has 0 aliphatic carbocycles. The molecule has 1 aliphatic rings. The smallest absolute Gasteiger partial charge is 0.293 e. The molecule has 0 unspecified atom stereocenters. The Morgan fingerprint density at radius 2 is 1.84 bits per heavy atom. The number of hydrogen-bond donors (Lipinski definition) is 0. The molecule has 1 fully saturated rings. The number of ether oxygens (including phenoxy) is 1. The van der Waals surface area contributed by atoms with E-state index in [0.717, 1.165) is 22.9 Å². The predicted molar refractivity (Wildman–Crippen MR) is 101 cm³/mol. The van der Waals surface area contributed by atoms with Crippen LogP contribution in [0.4, 0.5) is 4.79 Å². The quantitative estimate of drug-likeness (QED) is 0.694. The topological polar surface area (TPSA) is 46.6 Å². The Kier molecular flexibility index (Phi) is 5.46. The van der Waals surface area contributed by atoms with E-state index in [2.05, 4.69) is 0 Å². The summed E-state index contributed by atoms with van der Waals surface area (Å²) in [5, 5.41) is 0.400. The van der Waals surface area contributed by atoms with E-state index in [-0.39, 0.29) is 11.1 Å². The minimum Gasteiger partial charge on any atom is -0.488 e. The molecule has 0 bridgehead atoms. The first kappa shape index (κ1) is 17.6. The van der Waals surface area contributed by atoms with Gasteiger partial charge in [-0.2, -0.15) is 0 Å². The molecule has 0 atom stereocenters. The Morgan fingerprint density at radius 1 is 1.12 bits per heavy atom. The molecule has 1 aliphatic heterocycles. The summed E-state index contributed by atoms with van der Waals surface area (Å²) in [5.74, 6) is 0.365. The Bertz CT molecular complexity index is 850. The summed E-state index contributed by atoms with van der Waals surface area (Å²) >= 11 is 7.10. The summed E-state index contributed by atoms with van der Waals surface area (Å²) in [7, 11) is 0. The third-order valence-corrected chi connectivity index (χ3v) is 5.01. The van der Waals surface area contributed by atoms with Crippen molar-refractivity contribution in [1.29, 1.82) is 0 Å². The highest BCUT2D eigenvalue weighted by Crippen LogP contribution is 2.34. The van der Waals surface area contributed by atoms with E-state index in [1.54, 1.807) is 13.0 Å². The second kappa shape index (κ2) is 7.76. The number of rotatable bonds is 5. The summed E-state index contributed by atoms with van der Waals surface area (Å²) in [5.41, 5.74) is 1.63. The second-order valence-corrected chi connectivity index (χ2v) is 6.74. The van der Waals surface area contributed by atoms with Crippen LogP contribution in [0.3, 0.4) is 0 Å². The van der Waals surface area contributed by atoms with Crippen LogP contribution in [0, 0.1) is 0 Å². The van der Waals surface area contributed by atoms with E-state index in [1.807, 2.05) is 48.5 Å². The van der Waals surface area contributed by atoms with Gasteiger partial charge in [0.15, 0.2) is 0 Å². The lowest BCUT2D eigenvalue weighted by molar-refractivity contribution is -0.122. The van der Waals surface area contributed by atoms with Gasteiger partial charge in [0.05, 0.1) is 4.91 Å². The maximum absolute atomic E-state index is 12.2. The monoisotopic (exact) mass is 373 g/mol. The number of para-hydroxylation sites is 1. The molecule has 2 aromatic carbocycles. The molecule has 3 rings (SSSR count). The van der Waals surface area contributed by atoms with Crippen molar-refractivity contribution >= 4 is 40.6 Å². The molecule has 25 heavy (non-hydrogen) atoms. The van der Waals surface area contributed by atoms with Crippen molar-refractivity contribution in [3.8, 4) is 5.75 Å². The molecule has 2 amide bonds. The van der Waals surface area contributed by atoms with Crippen LogP contribution in [0.5, 0.6) is 5.75 Å².